The van der Waals surface area contributed by atoms with E-state index in [2.05, 4.69) is 17.1 Å². The lowest BCUT2D eigenvalue weighted by Gasteiger charge is -2.21. The molecule has 0 radical (unpaired) electrons. The lowest BCUT2D eigenvalue weighted by Crippen LogP contribution is -2.40. The van der Waals surface area contributed by atoms with Crippen LogP contribution in [0.2, 0.25) is 0 Å². The fourth-order valence-electron chi connectivity index (χ4n) is 3.18. The summed E-state index contributed by atoms with van der Waals surface area (Å²) in [6.07, 6.45) is 0.146. The van der Waals surface area contributed by atoms with Crippen molar-refractivity contribution < 1.29 is 14.3 Å². The standard InChI is InChI=1S/C20H31N3O3.HI/c1-6-21-20(23-12-15(4)18(13-23)19(24)25-5)22-11-16-8-7-9-17(10-16)26-14(2)3;/h7-10,14-15,18H,6,11-13H2,1-5H3,(H,21,22);1H. The molecule has 0 bridgehead atoms. The Morgan fingerprint density at radius 2 is 2.11 bits per heavy atom. The molecule has 0 aliphatic carbocycles. The largest absolute Gasteiger partial charge is 0.491 e. The number of carbonyl (C=O) groups is 1. The first-order valence-corrected chi connectivity index (χ1v) is 9.31. The van der Waals surface area contributed by atoms with Gasteiger partial charge in [0.05, 0.1) is 25.7 Å². The second-order valence-corrected chi connectivity index (χ2v) is 7.00. The monoisotopic (exact) mass is 489 g/mol. The zero-order valence-electron chi connectivity index (χ0n) is 16.9. The Morgan fingerprint density at radius 3 is 2.74 bits per heavy atom. The van der Waals surface area contributed by atoms with Crippen molar-refractivity contribution in [2.45, 2.75) is 40.3 Å². The van der Waals surface area contributed by atoms with Crippen molar-refractivity contribution in [3.8, 4) is 5.75 Å². The van der Waals surface area contributed by atoms with E-state index in [9.17, 15) is 4.79 Å². The van der Waals surface area contributed by atoms with Crippen LogP contribution in [0.3, 0.4) is 0 Å². The van der Waals surface area contributed by atoms with Gasteiger partial charge in [0.25, 0.3) is 0 Å². The Labute approximate surface area is 179 Å². The molecule has 0 spiro atoms. The summed E-state index contributed by atoms with van der Waals surface area (Å²) in [5.41, 5.74) is 1.09. The number of aliphatic imine (C=N–C) groups is 1. The number of carbonyl (C=O) groups excluding carboxylic acids is 1. The highest BCUT2D eigenvalue weighted by atomic mass is 127. The molecule has 1 aliphatic heterocycles. The number of hydrogen-bond donors (Lipinski definition) is 1. The summed E-state index contributed by atoms with van der Waals surface area (Å²) < 4.78 is 10.7. The molecule has 1 N–H and O–H groups in total. The number of nitrogens with one attached hydrogen (secondary N) is 1. The predicted molar refractivity (Wildman–Crippen MR) is 119 cm³/mol. The van der Waals surface area contributed by atoms with Gasteiger partial charge in [0.2, 0.25) is 0 Å². The van der Waals surface area contributed by atoms with Crippen LogP contribution < -0.4 is 10.1 Å². The molecule has 0 amide bonds. The van der Waals surface area contributed by atoms with E-state index in [0.29, 0.717) is 13.1 Å². The molecule has 2 atom stereocenters. The number of ether oxygens (including phenoxy) is 2. The Balaban J connectivity index is 0.00000364. The topological polar surface area (TPSA) is 63.2 Å². The van der Waals surface area contributed by atoms with Crippen molar-refractivity contribution in [3.05, 3.63) is 29.8 Å². The van der Waals surface area contributed by atoms with Gasteiger partial charge in [0, 0.05) is 19.6 Å². The zero-order chi connectivity index (χ0) is 19.1. The average Bonchev–Trinajstić information content (AvgIpc) is 2.99. The first kappa shape index (κ1) is 23.5. The van der Waals surface area contributed by atoms with Gasteiger partial charge in [-0.15, -0.1) is 24.0 Å². The maximum atomic E-state index is 11.9. The van der Waals surface area contributed by atoms with Crippen LogP contribution in [0.15, 0.2) is 29.3 Å². The minimum atomic E-state index is -0.144. The van der Waals surface area contributed by atoms with Crippen LogP contribution in [0.25, 0.3) is 0 Å². The number of likely N-dealkylation sites (tertiary alicyclic amines) is 1. The van der Waals surface area contributed by atoms with Gasteiger partial charge < -0.3 is 19.7 Å². The molecule has 1 aromatic carbocycles. The highest BCUT2D eigenvalue weighted by molar-refractivity contribution is 14.0. The number of hydrogen-bond acceptors (Lipinski definition) is 4. The summed E-state index contributed by atoms with van der Waals surface area (Å²) in [5.74, 6) is 1.69. The van der Waals surface area contributed by atoms with E-state index in [0.717, 1.165) is 30.4 Å². The highest BCUT2D eigenvalue weighted by Crippen LogP contribution is 2.24. The molecule has 1 aromatic rings. The van der Waals surface area contributed by atoms with Crippen LogP contribution in [-0.2, 0) is 16.1 Å². The van der Waals surface area contributed by atoms with Crippen LogP contribution in [0.4, 0.5) is 0 Å². The number of esters is 1. The van der Waals surface area contributed by atoms with Crippen LogP contribution in [0, 0.1) is 11.8 Å². The average molecular weight is 489 g/mol. The molecule has 27 heavy (non-hydrogen) atoms. The van der Waals surface area contributed by atoms with Gasteiger partial charge in [-0.1, -0.05) is 19.1 Å². The minimum absolute atomic E-state index is 0. The summed E-state index contributed by atoms with van der Waals surface area (Å²) in [6, 6.07) is 8.02. The maximum absolute atomic E-state index is 11.9. The third kappa shape index (κ3) is 6.86. The van der Waals surface area contributed by atoms with Gasteiger partial charge in [-0.05, 0) is 44.4 Å². The highest BCUT2D eigenvalue weighted by Gasteiger charge is 2.36. The molecule has 0 saturated carbocycles. The number of methoxy groups -OCH3 is 1. The Morgan fingerprint density at radius 1 is 1.37 bits per heavy atom. The van der Waals surface area contributed by atoms with Crippen molar-refractivity contribution >= 4 is 35.9 Å². The van der Waals surface area contributed by atoms with Gasteiger partial charge in [-0.3, -0.25) is 4.79 Å². The van der Waals surface area contributed by atoms with E-state index in [1.165, 1.54) is 7.11 Å². The van der Waals surface area contributed by atoms with Crippen molar-refractivity contribution in [1.82, 2.24) is 10.2 Å². The number of guanidine groups is 1. The summed E-state index contributed by atoms with van der Waals surface area (Å²) in [4.78, 5) is 18.8. The van der Waals surface area contributed by atoms with Gasteiger partial charge in [0.1, 0.15) is 5.75 Å². The molecule has 1 aliphatic rings. The molecular weight excluding hydrogens is 457 g/mol. The van der Waals surface area contributed by atoms with Gasteiger partial charge in [-0.2, -0.15) is 0 Å². The van der Waals surface area contributed by atoms with Crippen molar-refractivity contribution in [2.75, 3.05) is 26.7 Å². The molecule has 7 heteroatoms. The summed E-state index contributed by atoms with van der Waals surface area (Å²) in [7, 11) is 1.45. The van der Waals surface area contributed by atoms with E-state index in [4.69, 9.17) is 14.5 Å². The molecule has 0 aromatic heterocycles. The number of rotatable bonds is 6. The summed E-state index contributed by atoms with van der Waals surface area (Å²) in [6.45, 7) is 10.9. The first-order valence-electron chi connectivity index (χ1n) is 9.31. The third-order valence-corrected chi connectivity index (χ3v) is 4.43. The van der Waals surface area contributed by atoms with E-state index in [-0.39, 0.29) is 47.9 Å². The van der Waals surface area contributed by atoms with E-state index in [1.807, 2.05) is 45.0 Å². The molecule has 2 unspecified atom stereocenters. The summed E-state index contributed by atoms with van der Waals surface area (Å²) >= 11 is 0. The number of nitrogens with zero attached hydrogens (tertiary/aromatic N) is 2. The first-order chi connectivity index (χ1) is 12.4. The number of benzene rings is 1. The van der Waals surface area contributed by atoms with Crippen LogP contribution in [-0.4, -0.2) is 49.7 Å². The van der Waals surface area contributed by atoms with Crippen LogP contribution in [0.1, 0.15) is 33.3 Å². The van der Waals surface area contributed by atoms with Gasteiger partial charge in [-0.25, -0.2) is 4.99 Å². The SMILES string of the molecule is CCNC(=NCc1cccc(OC(C)C)c1)N1CC(C)C(C(=O)OC)C1.I. The normalized spacial score (nSPS) is 19.6. The van der Waals surface area contributed by atoms with E-state index in [1.54, 1.807) is 0 Å². The lowest BCUT2D eigenvalue weighted by molar-refractivity contribution is -0.145. The lowest BCUT2D eigenvalue weighted by atomic mass is 9.99. The fourth-order valence-corrected chi connectivity index (χ4v) is 3.18. The van der Waals surface area contributed by atoms with E-state index < -0.39 is 0 Å². The molecule has 152 valence electrons. The molecule has 1 saturated heterocycles. The van der Waals surface area contributed by atoms with Gasteiger partial charge >= 0.3 is 5.97 Å². The second-order valence-electron chi connectivity index (χ2n) is 7.00. The Hall–Kier alpha value is -1.51. The molecular formula is C20H32IN3O3. The quantitative estimate of drug-likeness (QED) is 0.288. The van der Waals surface area contributed by atoms with E-state index >= 15 is 0 Å². The maximum Gasteiger partial charge on any atom is 0.310 e. The van der Waals surface area contributed by atoms with Crippen LogP contribution >= 0.6 is 24.0 Å². The third-order valence-electron chi connectivity index (χ3n) is 4.43. The minimum Gasteiger partial charge on any atom is -0.491 e. The smallest absolute Gasteiger partial charge is 0.310 e. The zero-order valence-corrected chi connectivity index (χ0v) is 19.2. The van der Waals surface area contributed by atoms with Crippen molar-refractivity contribution in [3.63, 3.8) is 0 Å². The second kappa shape index (κ2) is 11.4. The number of halogens is 1. The Kier molecular flexibility index (Phi) is 9.90. The molecule has 6 nitrogen and oxygen atoms in total. The predicted octanol–water partition coefficient (Wildman–Crippen LogP) is 3.30. The Bertz CT molecular complexity index is 637. The molecule has 1 fully saturated rings. The van der Waals surface area contributed by atoms with Crippen molar-refractivity contribution in [1.29, 1.82) is 0 Å². The van der Waals surface area contributed by atoms with Crippen LogP contribution in [0.5, 0.6) is 5.75 Å². The van der Waals surface area contributed by atoms with Crippen molar-refractivity contribution in [2.24, 2.45) is 16.8 Å². The molecule has 2 rings (SSSR count). The fraction of sp³-hybridized carbons (Fsp3) is 0.600. The summed E-state index contributed by atoms with van der Waals surface area (Å²) in [5, 5.41) is 3.33. The van der Waals surface area contributed by atoms with Gasteiger partial charge in [0.15, 0.2) is 5.96 Å². The molecule has 1 heterocycles.